The number of ether oxygens (including phenoxy) is 3. The Kier molecular flexibility index (Phi) is 5.18. The van der Waals surface area contributed by atoms with E-state index in [1.807, 2.05) is 20.8 Å². The van der Waals surface area contributed by atoms with Gasteiger partial charge < -0.3 is 19.3 Å². The number of aromatic hydroxyl groups is 1. The van der Waals surface area contributed by atoms with Crippen LogP contribution in [0.2, 0.25) is 0 Å². The Balaban J connectivity index is 1.97. The van der Waals surface area contributed by atoms with Crippen LogP contribution in [0.4, 0.5) is 0 Å². The molecule has 0 aliphatic carbocycles. The van der Waals surface area contributed by atoms with E-state index in [2.05, 4.69) is 0 Å². The van der Waals surface area contributed by atoms with Crippen molar-refractivity contribution in [3.05, 3.63) is 16.7 Å². The molecule has 5 heteroatoms. The second kappa shape index (κ2) is 6.70. The molecular weight excluding hydrogens is 276 g/mol. The van der Waals surface area contributed by atoms with Crippen LogP contribution in [0, 0.1) is 20.8 Å². The minimum absolute atomic E-state index is 0.106. The van der Waals surface area contributed by atoms with Crippen molar-refractivity contribution in [1.29, 1.82) is 0 Å². The molecule has 1 aliphatic rings. The summed E-state index contributed by atoms with van der Waals surface area (Å²) in [7, 11) is 1.62. The predicted molar refractivity (Wildman–Crippen MR) is 79.7 cm³/mol. The summed E-state index contributed by atoms with van der Waals surface area (Å²) >= 11 is 1.69. The lowest BCUT2D eigenvalue weighted by atomic mass is 10.0. The van der Waals surface area contributed by atoms with Crippen LogP contribution in [-0.4, -0.2) is 31.1 Å². The molecule has 0 aromatic heterocycles. The molecule has 1 unspecified atom stereocenters. The highest BCUT2D eigenvalue weighted by Crippen LogP contribution is 2.50. The molecule has 0 radical (unpaired) electrons. The Morgan fingerprint density at radius 3 is 2.65 bits per heavy atom. The Labute approximate surface area is 124 Å². The van der Waals surface area contributed by atoms with Crippen LogP contribution in [0.25, 0.3) is 0 Å². The van der Waals surface area contributed by atoms with E-state index < -0.39 is 0 Å². The first-order valence-corrected chi connectivity index (χ1v) is 7.67. The molecule has 1 N–H and O–H groups in total. The van der Waals surface area contributed by atoms with E-state index in [1.54, 1.807) is 18.9 Å². The van der Waals surface area contributed by atoms with Crippen LogP contribution in [0.3, 0.4) is 0 Å². The van der Waals surface area contributed by atoms with Crippen molar-refractivity contribution in [2.45, 2.75) is 43.9 Å². The molecule has 112 valence electrons. The van der Waals surface area contributed by atoms with Gasteiger partial charge in [-0.1, -0.05) is 11.8 Å². The van der Waals surface area contributed by atoms with E-state index >= 15 is 0 Å². The van der Waals surface area contributed by atoms with Crippen molar-refractivity contribution in [3.8, 4) is 11.5 Å². The summed E-state index contributed by atoms with van der Waals surface area (Å²) in [5, 5.41) is 10.1. The standard InChI is InChI=1S/C15H22O4S/c1-9-10(2)14-15(11(3)13(9)16)20-12(19-14)6-5-7-18-8-17-4/h12,16H,5-8H2,1-4H3. The molecule has 20 heavy (non-hydrogen) atoms. The first-order valence-electron chi connectivity index (χ1n) is 6.79. The number of phenolic OH excluding ortho intramolecular Hbond substituents is 1. The molecule has 2 rings (SSSR count). The average molecular weight is 298 g/mol. The molecule has 0 saturated carbocycles. The molecule has 0 spiro atoms. The third-order valence-corrected chi connectivity index (χ3v) is 4.91. The predicted octanol–water partition coefficient (Wildman–Crippen LogP) is 3.53. The minimum Gasteiger partial charge on any atom is -0.507 e. The summed E-state index contributed by atoms with van der Waals surface area (Å²) in [4.78, 5) is 1.08. The molecule has 4 nitrogen and oxygen atoms in total. The van der Waals surface area contributed by atoms with Crippen LogP contribution >= 0.6 is 11.8 Å². The molecule has 1 aliphatic heterocycles. The lowest BCUT2D eigenvalue weighted by Gasteiger charge is -2.12. The summed E-state index contributed by atoms with van der Waals surface area (Å²) in [5.74, 6) is 1.33. The van der Waals surface area contributed by atoms with Crippen molar-refractivity contribution in [1.82, 2.24) is 0 Å². The number of hydrogen-bond donors (Lipinski definition) is 1. The van der Waals surface area contributed by atoms with Gasteiger partial charge in [-0.15, -0.1) is 0 Å². The monoisotopic (exact) mass is 298 g/mol. The van der Waals surface area contributed by atoms with Gasteiger partial charge in [0.1, 0.15) is 23.7 Å². The summed E-state index contributed by atoms with van der Waals surface area (Å²) in [6.07, 6.45) is 1.85. The maximum absolute atomic E-state index is 10.1. The first-order chi connectivity index (χ1) is 9.56. The molecule has 1 aromatic carbocycles. The Morgan fingerprint density at radius 1 is 1.20 bits per heavy atom. The lowest BCUT2D eigenvalue weighted by Crippen LogP contribution is -2.09. The average Bonchev–Trinajstić information content (AvgIpc) is 2.87. The third kappa shape index (κ3) is 3.05. The second-order valence-electron chi connectivity index (χ2n) is 5.00. The highest BCUT2D eigenvalue weighted by atomic mass is 32.2. The number of benzene rings is 1. The van der Waals surface area contributed by atoms with Gasteiger partial charge in [0.05, 0.1) is 4.90 Å². The van der Waals surface area contributed by atoms with E-state index in [9.17, 15) is 5.11 Å². The molecule has 0 saturated heterocycles. The fraction of sp³-hybridized carbons (Fsp3) is 0.600. The summed E-state index contributed by atoms with van der Waals surface area (Å²) < 4.78 is 16.1. The fourth-order valence-electron chi connectivity index (χ4n) is 2.26. The van der Waals surface area contributed by atoms with Crippen LogP contribution in [0.15, 0.2) is 4.90 Å². The molecule has 1 heterocycles. The highest BCUT2D eigenvalue weighted by molar-refractivity contribution is 8.00. The van der Waals surface area contributed by atoms with Gasteiger partial charge in [-0.3, -0.25) is 0 Å². The molecule has 0 bridgehead atoms. The van der Waals surface area contributed by atoms with Gasteiger partial charge in [0.15, 0.2) is 0 Å². The zero-order chi connectivity index (χ0) is 14.7. The van der Waals surface area contributed by atoms with Gasteiger partial charge in [0.25, 0.3) is 0 Å². The SMILES string of the molecule is COCOCCCC1Oc2c(C)c(C)c(O)c(C)c2S1. The van der Waals surface area contributed by atoms with Crippen molar-refractivity contribution in [2.24, 2.45) is 0 Å². The van der Waals surface area contributed by atoms with Gasteiger partial charge in [0.2, 0.25) is 0 Å². The maximum Gasteiger partial charge on any atom is 0.149 e. The Hall–Kier alpha value is -0.910. The molecule has 0 amide bonds. The number of methoxy groups -OCH3 is 1. The number of hydrogen-bond acceptors (Lipinski definition) is 5. The summed E-state index contributed by atoms with van der Waals surface area (Å²) in [6.45, 7) is 6.88. The Bertz CT molecular complexity index is 450. The number of fused-ring (bicyclic) bond motifs is 1. The Morgan fingerprint density at radius 2 is 1.95 bits per heavy atom. The third-order valence-electron chi connectivity index (χ3n) is 3.59. The van der Waals surface area contributed by atoms with Gasteiger partial charge in [-0.05, 0) is 44.7 Å². The van der Waals surface area contributed by atoms with E-state index in [1.165, 1.54) is 0 Å². The van der Waals surface area contributed by atoms with Crippen LogP contribution in [0.5, 0.6) is 11.5 Å². The van der Waals surface area contributed by atoms with Gasteiger partial charge in [-0.2, -0.15) is 0 Å². The van der Waals surface area contributed by atoms with E-state index in [0.29, 0.717) is 19.1 Å². The summed E-state index contributed by atoms with van der Waals surface area (Å²) in [5.41, 5.74) is 2.97. The van der Waals surface area contributed by atoms with E-state index in [0.717, 1.165) is 40.2 Å². The molecular formula is C15H22O4S. The van der Waals surface area contributed by atoms with Gasteiger partial charge in [0, 0.05) is 19.3 Å². The number of thioether (sulfide) groups is 1. The zero-order valence-electron chi connectivity index (χ0n) is 12.5. The molecule has 1 atom stereocenters. The quantitative estimate of drug-likeness (QED) is 0.643. The number of rotatable bonds is 6. The smallest absolute Gasteiger partial charge is 0.149 e. The minimum atomic E-state index is 0.106. The van der Waals surface area contributed by atoms with Crippen LogP contribution in [-0.2, 0) is 9.47 Å². The lowest BCUT2D eigenvalue weighted by molar-refractivity contribution is -0.0322. The zero-order valence-corrected chi connectivity index (χ0v) is 13.3. The fourth-order valence-corrected chi connectivity index (χ4v) is 3.53. The molecule has 1 aromatic rings. The highest BCUT2D eigenvalue weighted by Gasteiger charge is 2.29. The normalized spacial score (nSPS) is 17.1. The van der Waals surface area contributed by atoms with E-state index in [4.69, 9.17) is 14.2 Å². The van der Waals surface area contributed by atoms with E-state index in [-0.39, 0.29) is 5.44 Å². The van der Waals surface area contributed by atoms with Crippen LogP contribution < -0.4 is 4.74 Å². The topological polar surface area (TPSA) is 47.9 Å². The first kappa shape index (κ1) is 15.5. The van der Waals surface area contributed by atoms with Gasteiger partial charge >= 0.3 is 0 Å². The molecule has 0 fully saturated rings. The number of phenols is 1. The van der Waals surface area contributed by atoms with Gasteiger partial charge in [-0.25, -0.2) is 0 Å². The summed E-state index contributed by atoms with van der Waals surface area (Å²) in [6, 6.07) is 0. The largest absolute Gasteiger partial charge is 0.507 e. The van der Waals surface area contributed by atoms with Crippen molar-refractivity contribution in [3.63, 3.8) is 0 Å². The van der Waals surface area contributed by atoms with Crippen molar-refractivity contribution < 1.29 is 19.3 Å². The van der Waals surface area contributed by atoms with Crippen LogP contribution in [0.1, 0.15) is 29.5 Å². The van der Waals surface area contributed by atoms with Crippen molar-refractivity contribution in [2.75, 3.05) is 20.5 Å². The van der Waals surface area contributed by atoms with Crippen molar-refractivity contribution >= 4 is 11.8 Å². The maximum atomic E-state index is 10.1. The second-order valence-corrected chi connectivity index (χ2v) is 6.17.